The summed E-state index contributed by atoms with van der Waals surface area (Å²) >= 11 is 0. The predicted molar refractivity (Wildman–Crippen MR) is 140 cm³/mol. The van der Waals surface area contributed by atoms with Gasteiger partial charge in [0.1, 0.15) is 5.75 Å². The number of carbonyl (C=O) groups is 1. The largest absolute Gasteiger partial charge is 0.497 e. The van der Waals surface area contributed by atoms with Gasteiger partial charge in [0.25, 0.3) is 0 Å². The van der Waals surface area contributed by atoms with E-state index in [1.54, 1.807) is 7.11 Å². The van der Waals surface area contributed by atoms with Crippen LogP contribution in [0.5, 0.6) is 5.75 Å². The van der Waals surface area contributed by atoms with Crippen molar-refractivity contribution in [1.29, 1.82) is 0 Å². The molecule has 0 spiro atoms. The number of amides is 1. The number of likely N-dealkylation sites (tertiary alicyclic amines) is 1. The first-order valence-corrected chi connectivity index (χ1v) is 13.4. The highest BCUT2D eigenvalue weighted by Gasteiger charge is 2.57. The van der Waals surface area contributed by atoms with E-state index < -0.39 is 22.8 Å². The molecule has 2 saturated carbocycles. The van der Waals surface area contributed by atoms with Crippen LogP contribution >= 0.6 is 0 Å². The van der Waals surface area contributed by atoms with Crippen LogP contribution in [-0.2, 0) is 16.4 Å². The second-order valence-electron chi connectivity index (χ2n) is 11.2. The lowest BCUT2D eigenvalue weighted by Gasteiger charge is -2.58. The Morgan fingerprint density at radius 2 is 1.95 bits per heavy atom. The quantitative estimate of drug-likeness (QED) is 0.486. The first-order valence-electron chi connectivity index (χ1n) is 13.4. The van der Waals surface area contributed by atoms with E-state index in [1.165, 1.54) is 37.1 Å². The molecule has 1 amide bonds. The minimum Gasteiger partial charge on any atom is -0.497 e. The second kappa shape index (κ2) is 10.4. The molecule has 1 heterocycles. The summed E-state index contributed by atoms with van der Waals surface area (Å²) in [6.45, 7) is 2.51. The summed E-state index contributed by atoms with van der Waals surface area (Å²) < 4.78 is 44.6. The Bertz CT molecular complexity index is 1200. The number of β-amino-alcohol motifs (C(OH)–C–C–N with tert-alkyl or cyclic N) is 1. The number of halogens is 3. The van der Waals surface area contributed by atoms with Crippen LogP contribution in [0.15, 0.2) is 54.6 Å². The zero-order valence-corrected chi connectivity index (χ0v) is 21.6. The first kappa shape index (κ1) is 26.8. The zero-order valence-electron chi connectivity index (χ0n) is 21.6. The maximum absolute atomic E-state index is 13.0. The Balaban J connectivity index is 1.34. The van der Waals surface area contributed by atoms with Gasteiger partial charge < -0.3 is 20.1 Å². The summed E-state index contributed by atoms with van der Waals surface area (Å²) in [5.74, 6) is 1.11. The fraction of sp³-hybridized carbons (Fsp3) is 0.500. The van der Waals surface area contributed by atoms with E-state index in [9.17, 15) is 23.1 Å². The SMILES string of the molecule is COc1cccc(C23CCN(CC4CC4)CC2(O)CCC(NC(=O)C=Cc2cccc(C(F)(F)F)c2)C3)c1. The van der Waals surface area contributed by atoms with E-state index in [0.717, 1.165) is 48.9 Å². The maximum atomic E-state index is 13.0. The second-order valence-corrected chi connectivity index (χ2v) is 11.2. The van der Waals surface area contributed by atoms with Crippen LogP contribution in [0.4, 0.5) is 13.2 Å². The maximum Gasteiger partial charge on any atom is 0.416 e. The number of carbonyl (C=O) groups excluding carboxylic acids is 1. The number of alkyl halides is 3. The molecule has 3 aliphatic rings. The molecule has 5 nitrogen and oxygen atoms in total. The van der Waals surface area contributed by atoms with Gasteiger partial charge in [-0.15, -0.1) is 0 Å². The van der Waals surface area contributed by atoms with Gasteiger partial charge in [-0.2, -0.15) is 13.2 Å². The summed E-state index contributed by atoms with van der Waals surface area (Å²) in [5.41, 5.74) is -0.892. The molecular formula is C30H35F3N2O3. The molecule has 2 aliphatic carbocycles. The van der Waals surface area contributed by atoms with E-state index in [4.69, 9.17) is 4.74 Å². The van der Waals surface area contributed by atoms with Crippen molar-refractivity contribution in [2.75, 3.05) is 26.7 Å². The zero-order chi connectivity index (χ0) is 27.0. The van der Waals surface area contributed by atoms with Crippen molar-refractivity contribution in [3.05, 3.63) is 71.3 Å². The smallest absolute Gasteiger partial charge is 0.416 e. The van der Waals surface area contributed by atoms with Gasteiger partial charge in [0.2, 0.25) is 5.91 Å². The summed E-state index contributed by atoms with van der Waals surface area (Å²) in [4.78, 5) is 15.2. The number of piperidine rings is 1. The molecule has 3 fully saturated rings. The molecule has 204 valence electrons. The van der Waals surface area contributed by atoms with Crippen LogP contribution in [-0.4, -0.2) is 54.3 Å². The number of hydrogen-bond acceptors (Lipinski definition) is 4. The van der Waals surface area contributed by atoms with E-state index in [-0.39, 0.29) is 11.9 Å². The fourth-order valence-corrected chi connectivity index (χ4v) is 6.36. The third-order valence-corrected chi connectivity index (χ3v) is 8.56. The van der Waals surface area contributed by atoms with E-state index in [0.29, 0.717) is 31.4 Å². The van der Waals surface area contributed by atoms with Crippen LogP contribution in [0.1, 0.15) is 55.2 Å². The molecule has 1 saturated heterocycles. The number of nitrogens with zero attached hydrogens (tertiary/aromatic N) is 1. The monoisotopic (exact) mass is 528 g/mol. The van der Waals surface area contributed by atoms with Gasteiger partial charge in [-0.3, -0.25) is 4.79 Å². The lowest BCUT2D eigenvalue weighted by Crippen LogP contribution is -2.67. The Morgan fingerprint density at radius 1 is 1.16 bits per heavy atom. The molecule has 0 aromatic heterocycles. The molecule has 0 radical (unpaired) electrons. The van der Waals surface area contributed by atoms with Gasteiger partial charge in [0.15, 0.2) is 0 Å². The Labute approximate surface area is 221 Å². The van der Waals surface area contributed by atoms with Gasteiger partial charge in [-0.05, 0) is 92.5 Å². The first-order chi connectivity index (χ1) is 18.1. The summed E-state index contributed by atoms with van der Waals surface area (Å²) in [6.07, 6.45) is 3.30. The number of fused-ring (bicyclic) bond motifs is 1. The Kier molecular flexibility index (Phi) is 7.31. The van der Waals surface area contributed by atoms with Crippen molar-refractivity contribution in [1.82, 2.24) is 10.2 Å². The van der Waals surface area contributed by atoms with Gasteiger partial charge >= 0.3 is 6.18 Å². The van der Waals surface area contributed by atoms with Crippen molar-refractivity contribution < 1.29 is 27.8 Å². The third kappa shape index (κ3) is 5.61. The van der Waals surface area contributed by atoms with Gasteiger partial charge in [-0.1, -0.05) is 24.3 Å². The van der Waals surface area contributed by atoms with Crippen molar-refractivity contribution >= 4 is 12.0 Å². The van der Waals surface area contributed by atoms with Gasteiger partial charge in [-0.25, -0.2) is 0 Å². The molecule has 5 rings (SSSR count). The number of methoxy groups -OCH3 is 1. The molecule has 8 heteroatoms. The van der Waals surface area contributed by atoms with Gasteiger partial charge in [0, 0.05) is 30.6 Å². The van der Waals surface area contributed by atoms with E-state index in [2.05, 4.69) is 10.2 Å². The van der Waals surface area contributed by atoms with Crippen LogP contribution in [0.3, 0.4) is 0 Å². The normalized spacial score (nSPS) is 28.2. The van der Waals surface area contributed by atoms with E-state index in [1.807, 2.05) is 24.3 Å². The lowest BCUT2D eigenvalue weighted by atomic mass is 9.55. The van der Waals surface area contributed by atoms with Crippen LogP contribution in [0, 0.1) is 5.92 Å². The molecule has 3 unspecified atom stereocenters. The molecule has 2 aromatic carbocycles. The molecule has 2 N–H and O–H groups in total. The average molecular weight is 529 g/mol. The fourth-order valence-electron chi connectivity index (χ4n) is 6.36. The lowest BCUT2D eigenvalue weighted by molar-refractivity contribution is -0.137. The van der Waals surface area contributed by atoms with Crippen molar-refractivity contribution in [2.24, 2.45) is 5.92 Å². The minimum absolute atomic E-state index is 0.171. The molecule has 0 bridgehead atoms. The van der Waals surface area contributed by atoms with Crippen LogP contribution in [0.25, 0.3) is 6.08 Å². The predicted octanol–water partition coefficient (Wildman–Crippen LogP) is 5.18. The van der Waals surface area contributed by atoms with Crippen molar-refractivity contribution in [2.45, 2.75) is 61.8 Å². The summed E-state index contributed by atoms with van der Waals surface area (Å²) in [7, 11) is 1.63. The number of benzene rings is 2. The van der Waals surface area contributed by atoms with Gasteiger partial charge in [0.05, 0.1) is 18.3 Å². The summed E-state index contributed by atoms with van der Waals surface area (Å²) in [6, 6.07) is 12.6. The number of nitrogens with one attached hydrogen (secondary N) is 1. The highest BCUT2D eigenvalue weighted by atomic mass is 19.4. The number of hydrogen-bond donors (Lipinski definition) is 2. The van der Waals surface area contributed by atoms with Crippen LogP contribution < -0.4 is 10.1 Å². The number of ether oxygens (including phenoxy) is 1. The minimum atomic E-state index is -4.44. The number of aliphatic hydroxyl groups is 1. The Morgan fingerprint density at radius 3 is 2.68 bits per heavy atom. The standard InChI is InChI=1S/C30H35F3N2O3/c1-38-26-7-3-5-23(17-26)28-14-15-35(19-22-8-9-22)20-29(28,37)13-12-25(18-28)34-27(36)11-10-21-4-2-6-24(16-21)30(31,32)33/h2-7,10-11,16-17,22,25,37H,8-9,12-15,18-20H2,1H3,(H,34,36). The Hall–Kier alpha value is -2.84. The van der Waals surface area contributed by atoms with E-state index >= 15 is 0 Å². The average Bonchev–Trinajstić information content (AvgIpc) is 3.71. The molecule has 38 heavy (non-hydrogen) atoms. The van der Waals surface area contributed by atoms with Crippen molar-refractivity contribution in [3.8, 4) is 5.75 Å². The molecular weight excluding hydrogens is 493 g/mol. The highest BCUT2D eigenvalue weighted by molar-refractivity contribution is 5.92. The molecule has 1 aliphatic heterocycles. The summed E-state index contributed by atoms with van der Waals surface area (Å²) in [5, 5.41) is 15.2. The van der Waals surface area contributed by atoms with Crippen LogP contribution in [0.2, 0.25) is 0 Å². The molecule has 2 aromatic rings. The third-order valence-electron chi connectivity index (χ3n) is 8.56. The number of rotatable bonds is 7. The highest BCUT2D eigenvalue weighted by Crippen LogP contribution is 2.52. The van der Waals surface area contributed by atoms with Crippen molar-refractivity contribution in [3.63, 3.8) is 0 Å². The topological polar surface area (TPSA) is 61.8 Å². The molecule has 3 atom stereocenters.